The van der Waals surface area contributed by atoms with E-state index in [0.717, 1.165) is 11.1 Å². The highest BCUT2D eigenvalue weighted by Crippen LogP contribution is 2.07. The number of hydrogen-bond acceptors (Lipinski definition) is 1. The van der Waals surface area contributed by atoms with Crippen molar-refractivity contribution in [1.29, 1.82) is 0 Å². The molecular weight excluding hydrogens is 165 g/mol. The zero-order valence-corrected chi connectivity index (χ0v) is 8.26. The van der Waals surface area contributed by atoms with Crippen LogP contribution in [0.5, 0.6) is 0 Å². The van der Waals surface area contributed by atoms with Gasteiger partial charge in [-0.05, 0) is 30.9 Å². The molecule has 0 aliphatic carbocycles. The summed E-state index contributed by atoms with van der Waals surface area (Å²) in [4.78, 5) is 3.56. The van der Waals surface area contributed by atoms with Crippen LogP contribution < -0.4 is 0 Å². The van der Waals surface area contributed by atoms with Crippen molar-refractivity contribution in [2.24, 2.45) is 4.99 Å². The van der Waals surface area contributed by atoms with Crippen LogP contribution in [0.2, 0.25) is 0 Å². The lowest BCUT2D eigenvalue weighted by Gasteiger charge is -1.95. The Balaban J connectivity index is 0. The number of nitrogens with zero attached hydrogens (tertiary/aromatic N) is 1. The van der Waals surface area contributed by atoms with Crippen molar-refractivity contribution in [3.63, 3.8) is 0 Å². The largest absolute Gasteiger partial charge is 0.272 e. The molecule has 13 heavy (non-hydrogen) atoms. The first kappa shape index (κ1) is 14.1. The van der Waals surface area contributed by atoms with Crippen LogP contribution in [-0.2, 0) is 0 Å². The van der Waals surface area contributed by atoms with Crippen molar-refractivity contribution in [3.05, 3.63) is 48.7 Å². The molecule has 0 spiro atoms. The van der Waals surface area contributed by atoms with Crippen LogP contribution in [0.1, 0.15) is 6.92 Å². The topological polar surface area (TPSA) is 12.4 Å². The number of aliphatic imine (C=N–C) groups is 1. The van der Waals surface area contributed by atoms with Gasteiger partial charge in [0.15, 0.2) is 0 Å². The van der Waals surface area contributed by atoms with Crippen molar-refractivity contribution >= 4 is 6.72 Å². The summed E-state index contributed by atoms with van der Waals surface area (Å²) in [6.45, 7) is 12.8. The SMILES string of the molecule is C=N/C=C\C(=C)C(=C)/C=C\C.CF. The minimum Gasteiger partial charge on any atom is -0.272 e. The molecule has 0 amide bonds. The van der Waals surface area contributed by atoms with Crippen LogP contribution in [0.15, 0.2) is 53.7 Å². The van der Waals surface area contributed by atoms with E-state index in [9.17, 15) is 4.39 Å². The number of rotatable bonds is 4. The summed E-state index contributed by atoms with van der Waals surface area (Å²) in [6, 6.07) is 0. The van der Waals surface area contributed by atoms with E-state index >= 15 is 0 Å². The molecule has 0 rings (SSSR count). The molecule has 0 saturated carbocycles. The van der Waals surface area contributed by atoms with Crippen molar-refractivity contribution in [2.75, 3.05) is 7.18 Å². The van der Waals surface area contributed by atoms with Gasteiger partial charge in [0, 0.05) is 6.20 Å². The van der Waals surface area contributed by atoms with Gasteiger partial charge < -0.3 is 0 Å². The summed E-state index contributed by atoms with van der Waals surface area (Å²) in [6.07, 6.45) is 7.19. The fraction of sp³-hybridized carbons (Fsp3) is 0.182. The fourth-order valence-electron chi connectivity index (χ4n) is 0.558. The quantitative estimate of drug-likeness (QED) is 0.465. The lowest BCUT2D eigenvalue weighted by Crippen LogP contribution is -1.76. The predicted octanol–water partition coefficient (Wildman–Crippen LogP) is 3.47. The predicted molar refractivity (Wildman–Crippen MR) is 58.8 cm³/mol. The fourth-order valence-corrected chi connectivity index (χ4v) is 0.558. The summed E-state index contributed by atoms with van der Waals surface area (Å²) in [5, 5.41) is 0. The molecule has 0 aromatic heterocycles. The van der Waals surface area contributed by atoms with Crippen LogP contribution in [-0.4, -0.2) is 13.9 Å². The van der Waals surface area contributed by atoms with E-state index < -0.39 is 0 Å². The Hall–Kier alpha value is -1.44. The van der Waals surface area contributed by atoms with E-state index in [0.29, 0.717) is 7.18 Å². The molecule has 0 aromatic carbocycles. The highest BCUT2D eigenvalue weighted by Gasteiger charge is 1.88. The zero-order valence-electron chi connectivity index (χ0n) is 8.26. The van der Waals surface area contributed by atoms with E-state index in [-0.39, 0.29) is 0 Å². The Morgan fingerprint density at radius 2 is 1.62 bits per heavy atom. The molecule has 2 heteroatoms. The van der Waals surface area contributed by atoms with Gasteiger partial charge in [0.2, 0.25) is 0 Å². The van der Waals surface area contributed by atoms with Crippen LogP contribution in [0.3, 0.4) is 0 Å². The van der Waals surface area contributed by atoms with E-state index in [1.165, 1.54) is 0 Å². The van der Waals surface area contributed by atoms with Crippen molar-refractivity contribution in [1.82, 2.24) is 0 Å². The third kappa shape index (κ3) is 8.47. The first-order valence-electron chi connectivity index (χ1n) is 3.73. The molecule has 72 valence electrons. The second-order valence-electron chi connectivity index (χ2n) is 2.05. The maximum Gasteiger partial charge on any atom is 0.0785 e. The molecule has 0 unspecified atom stereocenters. The highest BCUT2D eigenvalue weighted by molar-refractivity contribution is 5.42. The van der Waals surface area contributed by atoms with Gasteiger partial charge in [-0.1, -0.05) is 25.3 Å². The molecule has 0 aliphatic rings. The normalized spacial score (nSPS) is 9.46. The molecule has 0 aliphatic heterocycles. The molecular formula is C11H16FN. The molecule has 0 aromatic rings. The zero-order chi connectivity index (χ0) is 10.7. The van der Waals surface area contributed by atoms with Gasteiger partial charge in [-0.2, -0.15) is 0 Å². The van der Waals surface area contributed by atoms with E-state index in [1.807, 2.05) is 19.1 Å². The summed E-state index contributed by atoms with van der Waals surface area (Å²) < 4.78 is 9.50. The average molecular weight is 181 g/mol. The molecule has 0 fully saturated rings. The van der Waals surface area contributed by atoms with Gasteiger partial charge >= 0.3 is 0 Å². The van der Waals surface area contributed by atoms with Crippen molar-refractivity contribution < 1.29 is 4.39 Å². The minimum atomic E-state index is 0.500. The van der Waals surface area contributed by atoms with Gasteiger partial charge in [-0.25, -0.2) is 0 Å². The number of allylic oxidation sites excluding steroid dienone is 5. The Morgan fingerprint density at radius 1 is 1.15 bits per heavy atom. The van der Waals surface area contributed by atoms with Crippen molar-refractivity contribution in [2.45, 2.75) is 6.92 Å². The second-order valence-corrected chi connectivity index (χ2v) is 2.05. The first-order chi connectivity index (χ1) is 6.22. The highest BCUT2D eigenvalue weighted by atomic mass is 19.1. The average Bonchev–Trinajstić information content (AvgIpc) is 2.17. The monoisotopic (exact) mass is 181 g/mol. The van der Waals surface area contributed by atoms with Gasteiger partial charge in [0.05, 0.1) is 7.18 Å². The summed E-state index contributed by atoms with van der Waals surface area (Å²) in [5.41, 5.74) is 1.75. The third-order valence-corrected chi connectivity index (χ3v) is 1.16. The maximum atomic E-state index is 9.50. The standard InChI is InChI=1S/C10H13N.CH3F/c1-5-6-9(2)10(3)7-8-11-4;1-2/h5-8H,2-4H2,1H3;1H3/b6-5-,8-7-;. The summed E-state index contributed by atoms with van der Waals surface area (Å²) in [5.74, 6) is 0. The second kappa shape index (κ2) is 10.6. The molecule has 0 heterocycles. The van der Waals surface area contributed by atoms with E-state index in [2.05, 4.69) is 24.9 Å². The van der Waals surface area contributed by atoms with Crippen LogP contribution in [0.25, 0.3) is 0 Å². The Morgan fingerprint density at radius 3 is 2.00 bits per heavy atom. The van der Waals surface area contributed by atoms with Gasteiger partial charge in [-0.3, -0.25) is 9.38 Å². The third-order valence-electron chi connectivity index (χ3n) is 1.16. The number of alkyl halides is 1. The molecule has 0 atom stereocenters. The lowest BCUT2D eigenvalue weighted by atomic mass is 10.1. The summed E-state index contributed by atoms with van der Waals surface area (Å²) >= 11 is 0. The van der Waals surface area contributed by atoms with Crippen LogP contribution in [0, 0.1) is 0 Å². The van der Waals surface area contributed by atoms with Crippen LogP contribution in [0.4, 0.5) is 4.39 Å². The molecule has 1 nitrogen and oxygen atoms in total. The lowest BCUT2D eigenvalue weighted by molar-refractivity contribution is 0.636. The molecule has 0 saturated heterocycles. The smallest absolute Gasteiger partial charge is 0.0785 e. The van der Waals surface area contributed by atoms with Gasteiger partial charge in [0.1, 0.15) is 0 Å². The summed E-state index contributed by atoms with van der Waals surface area (Å²) in [7, 11) is 0.500. The number of hydrogen-bond donors (Lipinski definition) is 0. The molecule has 0 bridgehead atoms. The van der Waals surface area contributed by atoms with E-state index in [4.69, 9.17) is 0 Å². The Bertz CT molecular complexity index is 224. The Kier molecular flexibility index (Phi) is 11.5. The number of halogens is 1. The van der Waals surface area contributed by atoms with Gasteiger partial charge in [0.25, 0.3) is 0 Å². The van der Waals surface area contributed by atoms with Crippen LogP contribution >= 0.6 is 0 Å². The molecule has 0 radical (unpaired) electrons. The molecule has 0 N–H and O–H groups in total. The maximum absolute atomic E-state index is 9.50. The first-order valence-corrected chi connectivity index (χ1v) is 3.73. The van der Waals surface area contributed by atoms with E-state index in [1.54, 1.807) is 12.3 Å². The van der Waals surface area contributed by atoms with Crippen molar-refractivity contribution in [3.8, 4) is 0 Å². The Labute approximate surface area is 79.7 Å². The minimum absolute atomic E-state index is 0.500. The van der Waals surface area contributed by atoms with Gasteiger partial charge in [-0.15, -0.1) is 0 Å².